The van der Waals surface area contributed by atoms with Crippen LogP contribution in [0.2, 0.25) is 0 Å². The molecule has 146 valence electrons. The molecule has 2 aromatic carbocycles. The van der Waals surface area contributed by atoms with E-state index in [9.17, 15) is 18.3 Å². The Morgan fingerprint density at radius 3 is 2.04 bits per heavy atom. The quantitative estimate of drug-likeness (QED) is 0.529. The van der Waals surface area contributed by atoms with Gasteiger partial charge in [-0.1, -0.05) is 72.6 Å². The van der Waals surface area contributed by atoms with Crippen molar-refractivity contribution in [2.45, 2.75) is 22.6 Å². The van der Waals surface area contributed by atoms with Crippen LogP contribution in [-0.2, 0) is 14.6 Å². The fraction of sp³-hybridized carbons (Fsp3) is 0.190. The zero-order chi connectivity index (χ0) is 20.7. The van der Waals surface area contributed by atoms with Gasteiger partial charge in [0.25, 0.3) is 0 Å². The second-order valence-electron chi connectivity index (χ2n) is 6.50. The average molecular weight is 437 g/mol. The number of carbonyl (C=O) groups is 1. The number of alkyl halides is 2. The summed E-state index contributed by atoms with van der Waals surface area (Å²) in [5.41, 5.74) is 3.19. The molecule has 1 aliphatic rings. The SMILES string of the molecule is CC/C(C(=O)O)=C1/C(c2ccccc2)=C(c2ccc(S(C)(=O)=O)cc2)C1(Cl)Cl. The number of rotatable bonds is 5. The molecule has 0 heterocycles. The third-order valence-electron chi connectivity index (χ3n) is 4.68. The van der Waals surface area contributed by atoms with Crippen molar-refractivity contribution in [1.82, 2.24) is 0 Å². The fourth-order valence-corrected chi connectivity index (χ4v) is 4.82. The van der Waals surface area contributed by atoms with Gasteiger partial charge in [0, 0.05) is 23.0 Å². The van der Waals surface area contributed by atoms with E-state index in [1.165, 1.54) is 12.1 Å². The number of carboxylic acid groups (broad SMARTS) is 1. The maximum absolute atomic E-state index is 11.8. The monoisotopic (exact) mass is 436 g/mol. The van der Waals surface area contributed by atoms with E-state index in [0.717, 1.165) is 11.8 Å². The van der Waals surface area contributed by atoms with Gasteiger partial charge in [0.2, 0.25) is 0 Å². The molecule has 0 atom stereocenters. The van der Waals surface area contributed by atoms with E-state index >= 15 is 0 Å². The highest BCUT2D eigenvalue weighted by Crippen LogP contribution is 2.61. The highest BCUT2D eigenvalue weighted by atomic mass is 35.5. The molecule has 0 fully saturated rings. The van der Waals surface area contributed by atoms with Crippen LogP contribution < -0.4 is 0 Å². The number of allylic oxidation sites excluding steroid dienone is 3. The minimum atomic E-state index is -3.34. The summed E-state index contributed by atoms with van der Waals surface area (Å²) in [7, 11) is -3.34. The maximum Gasteiger partial charge on any atom is 0.331 e. The Bertz CT molecular complexity index is 1100. The third-order valence-corrected chi connectivity index (χ3v) is 6.56. The number of carboxylic acids is 1. The lowest BCUT2D eigenvalue weighted by molar-refractivity contribution is -0.132. The minimum Gasteiger partial charge on any atom is -0.478 e. The Morgan fingerprint density at radius 2 is 1.57 bits per heavy atom. The van der Waals surface area contributed by atoms with Crippen LogP contribution in [0.25, 0.3) is 11.1 Å². The first-order valence-corrected chi connectivity index (χ1v) is 11.2. The van der Waals surface area contributed by atoms with E-state index in [-0.39, 0.29) is 16.9 Å². The summed E-state index contributed by atoms with van der Waals surface area (Å²) >= 11 is 13.3. The molecule has 3 rings (SSSR count). The van der Waals surface area contributed by atoms with Crippen molar-refractivity contribution in [3.05, 3.63) is 76.9 Å². The molecule has 1 N–H and O–H groups in total. The summed E-state index contributed by atoms with van der Waals surface area (Å²) in [4.78, 5) is 11.9. The van der Waals surface area contributed by atoms with Crippen LogP contribution in [0.5, 0.6) is 0 Å². The lowest BCUT2D eigenvalue weighted by atomic mass is 9.72. The van der Waals surface area contributed by atoms with Gasteiger partial charge in [-0.2, -0.15) is 0 Å². The predicted octanol–water partition coefficient (Wildman–Crippen LogP) is 4.98. The van der Waals surface area contributed by atoms with Gasteiger partial charge in [-0.15, -0.1) is 0 Å². The first-order valence-electron chi connectivity index (χ1n) is 8.54. The second-order valence-corrected chi connectivity index (χ2v) is 9.84. The Labute approximate surface area is 174 Å². The Balaban J connectivity index is 2.30. The van der Waals surface area contributed by atoms with Crippen molar-refractivity contribution in [3.8, 4) is 0 Å². The summed E-state index contributed by atoms with van der Waals surface area (Å²) in [6.07, 6.45) is 1.40. The third kappa shape index (κ3) is 3.50. The van der Waals surface area contributed by atoms with E-state index in [2.05, 4.69) is 0 Å². The van der Waals surface area contributed by atoms with Crippen LogP contribution in [0.1, 0.15) is 24.5 Å². The molecular weight excluding hydrogens is 419 g/mol. The number of hydrogen-bond acceptors (Lipinski definition) is 3. The zero-order valence-electron chi connectivity index (χ0n) is 15.2. The molecule has 28 heavy (non-hydrogen) atoms. The average Bonchev–Trinajstić information content (AvgIpc) is 2.64. The van der Waals surface area contributed by atoms with Crippen LogP contribution in [0.3, 0.4) is 0 Å². The van der Waals surface area contributed by atoms with Crippen molar-refractivity contribution < 1.29 is 18.3 Å². The predicted molar refractivity (Wildman–Crippen MR) is 112 cm³/mol. The summed E-state index contributed by atoms with van der Waals surface area (Å²) in [5.74, 6) is -1.07. The van der Waals surface area contributed by atoms with Gasteiger partial charge in [0.05, 0.1) is 4.90 Å². The molecule has 0 aromatic heterocycles. The van der Waals surface area contributed by atoms with Crippen LogP contribution >= 0.6 is 23.2 Å². The summed E-state index contributed by atoms with van der Waals surface area (Å²) in [6.45, 7) is 1.74. The van der Waals surface area contributed by atoms with Gasteiger partial charge >= 0.3 is 5.97 Å². The number of halogens is 2. The highest BCUT2D eigenvalue weighted by molar-refractivity contribution is 7.90. The highest BCUT2D eigenvalue weighted by Gasteiger charge is 2.50. The smallest absolute Gasteiger partial charge is 0.331 e. The number of hydrogen-bond donors (Lipinski definition) is 1. The fourth-order valence-electron chi connectivity index (χ4n) is 3.36. The number of aliphatic carboxylic acids is 1. The van der Waals surface area contributed by atoms with E-state index in [4.69, 9.17) is 23.2 Å². The van der Waals surface area contributed by atoms with Crippen LogP contribution in [-0.4, -0.2) is 30.1 Å². The first kappa shape index (κ1) is 20.6. The Kier molecular flexibility index (Phi) is 5.45. The van der Waals surface area contributed by atoms with Gasteiger partial charge < -0.3 is 5.11 Å². The molecule has 1 aliphatic carbocycles. The molecule has 0 radical (unpaired) electrons. The van der Waals surface area contributed by atoms with E-state index in [0.29, 0.717) is 22.3 Å². The van der Waals surface area contributed by atoms with Crippen LogP contribution in [0, 0.1) is 0 Å². The molecule has 0 amide bonds. The molecule has 0 saturated carbocycles. The first-order chi connectivity index (χ1) is 13.1. The molecule has 0 bridgehead atoms. The van der Waals surface area contributed by atoms with Gasteiger partial charge in [-0.05, 0) is 35.3 Å². The zero-order valence-corrected chi connectivity index (χ0v) is 17.6. The van der Waals surface area contributed by atoms with Gasteiger partial charge in [0.1, 0.15) is 0 Å². The van der Waals surface area contributed by atoms with Gasteiger partial charge in [-0.25, -0.2) is 13.2 Å². The van der Waals surface area contributed by atoms with E-state index < -0.39 is 20.1 Å². The van der Waals surface area contributed by atoms with Crippen LogP contribution in [0.15, 0.2) is 70.6 Å². The summed E-state index contributed by atoms with van der Waals surface area (Å²) in [5, 5.41) is 9.62. The maximum atomic E-state index is 11.8. The minimum absolute atomic E-state index is 0.153. The second kappa shape index (κ2) is 7.39. The largest absolute Gasteiger partial charge is 0.478 e. The molecule has 0 unspecified atom stereocenters. The van der Waals surface area contributed by atoms with E-state index in [1.54, 1.807) is 19.1 Å². The number of sulfone groups is 1. The Hall–Kier alpha value is -2.08. The molecule has 4 nitrogen and oxygen atoms in total. The molecule has 0 saturated heterocycles. The normalized spacial score (nSPS) is 17.9. The van der Waals surface area contributed by atoms with Crippen molar-refractivity contribution in [3.63, 3.8) is 0 Å². The van der Waals surface area contributed by atoms with Gasteiger partial charge in [0.15, 0.2) is 14.2 Å². The van der Waals surface area contributed by atoms with Gasteiger partial charge in [-0.3, -0.25) is 0 Å². The molecule has 7 heteroatoms. The Morgan fingerprint density at radius 1 is 1.00 bits per heavy atom. The summed E-state index contributed by atoms with van der Waals surface area (Å²) in [6, 6.07) is 15.5. The summed E-state index contributed by atoms with van der Waals surface area (Å²) < 4.78 is 21.9. The van der Waals surface area contributed by atoms with Crippen molar-refractivity contribution in [2.24, 2.45) is 0 Å². The van der Waals surface area contributed by atoms with Crippen molar-refractivity contribution in [1.29, 1.82) is 0 Å². The standard InChI is InChI=1S/C21H18Cl2O4S/c1-3-16(20(24)25)19-17(13-7-5-4-6-8-13)18(21(19,22)23)14-9-11-15(12-10-14)28(2,26)27/h4-12H,3H2,1-2H3,(H,24,25)/b19-16+. The van der Waals surface area contributed by atoms with E-state index in [1.807, 2.05) is 30.3 Å². The molecule has 0 aliphatic heterocycles. The lowest BCUT2D eigenvalue weighted by Gasteiger charge is -2.41. The molecule has 2 aromatic rings. The lowest BCUT2D eigenvalue weighted by Crippen LogP contribution is -2.33. The number of benzene rings is 2. The molecule has 0 spiro atoms. The van der Waals surface area contributed by atoms with Crippen molar-refractivity contribution >= 4 is 50.2 Å². The molecular formula is C21H18Cl2O4S. The van der Waals surface area contributed by atoms with Crippen LogP contribution in [0.4, 0.5) is 0 Å². The van der Waals surface area contributed by atoms with Crippen molar-refractivity contribution in [2.75, 3.05) is 6.26 Å². The topological polar surface area (TPSA) is 71.4 Å².